The van der Waals surface area contributed by atoms with Crippen LogP contribution in [0.3, 0.4) is 0 Å². The van der Waals surface area contributed by atoms with Crippen LogP contribution in [0, 0.1) is 0 Å². The summed E-state index contributed by atoms with van der Waals surface area (Å²) in [6, 6.07) is 7.39. The van der Waals surface area contributed by atoms with Crippen molar-refractivity contribution in [3.8, 4) is 5.75 Å². The molecule has 106 valence electrons. The summed E-state index contributed by atoms with van der Waals surface area (Å²) in [4.78, 5) is 11.6. The number of hydrogen-bond acceptors (Lipinski definition) is 4. The van der Waals surface area contributed by atoms with Crippen LogP contribution in [0.5, 0.6) is 5.75 Å². The highest BCUT2D eigenvalue weighted by Gasteiger charge is 2.17. The third-order valence-corrected chi connectivity index (χ3v) is 2.62. The van der Waals surface area contributed by atoms with Crippen LogP contribution in [0.1, 0.15) is 45.2 Å². The highest BCUT2D eigenvalue weighted by atomic mass is 16.6. The zero-order chi connectivity index (χ0) is 14.5. The first-order valence-corrected chi connectivity index (χ1v) is 6.43. The molecule has 4 nitrogen and oxygen atoms in total. The quantitative estimate of drug-likeness (QED) is 0.832. The molecule has 0 bridgehead atoms. The molecule has 0 saturated carbocycles. The Balaban J connectivity index is 2.46. The molecular formula is C15H23NO3. The summed E-state index contributed by atoms with van der Waals surface area (Å²) in [6.45, 7) is 5.57. The second-order valence-corrected chi connectivity index (χ2v) is 5.50. The molecule has 0 heterocycles. The lowest BCUT2D eigenvalue weighted by Gasteiger charge is -2.20. The van der Waals surface area contributed by atoms with Crippen molar-refractivity contribution in [1.29, 1.82) is 0 Å². The van der Waals surface area contributed by atoms with Crippen LogP contribution in [0.2, 0.25) is 0 Å². The van der Waals surface area contributed by atoms with E-state index in [0.717, 1.165) is 11.3 Å². The van der Waals surface area contributed by atoms with E-state index in [2.05, 4.69) is 0 Å². The Morgan fingerprint density at radius 1 is 1.26 bits per heavy atom. The van der Waals surface area contributed by atoms with Crippen molar-refractivity contribution in [1.82, 2.24) is 0 Å². The maximum Gasteiger partial charge on any atom is 0.306 e. The number of esters is 1. The van der Waals surface area contributed by atoms with Gasteiger partial charge < -0.3 is 15.2 Å². The lowest BCUT2D eigenvalue weighted by atomic mass is 10.0. The molecule has 1 aromatic rings. The van der Waals surface area contributed by atoms with Gasteiger partial charge in [-0.15, -0.1) is 0 Å². The normalized spacial score (nSPS) is 12.9. The molecular weight excluding hydrogens is 242 g/mol. The number of carbonyl (C=O) groups excluding carboxylic acids is 1. The molecule has 0 saturated heterocycles. The van der Waals surface area contributed by atoms with Gasteiger partial charge in [-0.2, -0.15) is 0 Å². The first-order chi connectivity index (χ1) is 8.81. The maximum atomic E-state index is 11.6. The van der Waals surface area contributed by atoms with Crippen LogP contribution < -0.4 is 10.5 Å². The summed E-state index contributed by atoms with van der Waals surface area (Å²) < 4.78 is 10.3. The summed E-state index contributed by atoms with van der Waals surface area (Å²) in [5, 5.41) is 0. The Hall–Kier alpha value is -1.55. The topological polar surface area (TPSA) is 61.5 Å². The summed E-state index contributed by atoms with van der Waals surface area (Å²) in [6.07, 6.45) is 0.895. The minimum atomic E-state index is -0.443. The number of nitrogens with two attached hydrogens (primary N) is 1. The molecule has 0 fully saturated rings. The van der Waals surface area contributed by atoms with Crippen molar-refractivity contribution < 1.29 is 14.3 Å². The first-order valence-electron chi connectivity index (χ1n) is 6.43. The zero-order valence-electron chi connectivity index (χ0n) is 12.1. The van der Waals surface area contributed by atoms with E-state index in [0.29, 0.717) is 12.8 Å². The largest absolute Gasteiger partial charge is 0.497 e. The van der Waals surface area contributed by atoms with Gasteiger partial charge in [0.25, 0.3) is 0 Å². The number of benzene rings is 1. The van der Waals surface area contributed by atoms with Crippen LogP contribution in [0.25, 0.3) is 0 Å². The monoisotopic (exact) mass is 265 g/mol. The Morgan fingerprint density at radius 2 is 1.84 bits per heavy atom. The van der Waals surface area contributed by atoms with Crippen LogP contribution in [-0.4, -0.2) is 18.7 Å². The molecule has 1 atom stereocenters. The molecule has 1 aromatic carbocycles. The van der Waals surface area contributed by atoms with E-state index >= 15 is 0 Å². The summed E-state index contributed by atoms with van der Waals surface area (Å²) in [5.41, 5.74) is 6.60. The molecule has 4 heteroatoms. The van der Waals surface area contributed by atoms with Crippen LogP contribution in [0.4, 0.5) is 0 Å². The average Bonchev–Trinajstić information content (AvgIpc) is 2.34. The van der Waals surface area contributed by atoms with E-state index in [1.807, 2.05) is 45.0 Å². The minimum absolute atomic E-state index is 0.168. The zero-order valence-corrected chi connectivity index (χ0v) is 12.1. The molecule has 0 radical (unpaired) electrons. The summed E-state index contributed by atoms with van der Waals surface area (Å²) in [7, 11) is 1.62. The van der Waals surface area contributed by atoms with Crippen molar-refractivity contribution in [2.24, 2.45) is 5.73 Å². The van der Waals surface area contributed by atoms with Gasteiger partial charge in [-0.1, -0.05) is 12.1 Å². The van der Waals surface area contributed by atoms with Gasteiger partial charge in [0, 0.05) is 12.5 Å². The van der Waals surface area contributed by atoms with Crippen LogP contribution in [0.15, 0.2) is 24.3 Å². The van der Waals surface area contributed by atoms with Crippen molar-refractivity contribution in [3.63, 3.8) is 0 Å². The molecule has 0 aliphatic heterocycles. The molecule has 0 spiro atoms. The van der Waals surface area contributed by atoms with E-state index in [1.165, 1.54) is 0 Å². The van der Waals surface area contributed by atoms with Gasteiger partial charge in [0.05, 0.1) is 7.11 Å². The van der Waals surface area contributed by atoms with Crippen LogP contribution >= 0.6 is 0 Å². The fraction of sp³-hybridized carbons (Fsp3) is 0.533. The molecule has 2 N–H and O–H groups in total. The Morgan fingerprint density at radius 3 is 2.32 bits per heavy atom. The number of carbonyl (C=O) groups is 1. The number of ether oxygens (including phenoxy) is 2. The van der Waals surface area contributed by atoms with E-state index in [-0.39, 0.29) is 12.0 Å². The first kappa shape index (κ1) is 15.5. The van der Waals surface area contributed by atoms with Crippen molar-refractivity contribution >= 4 is 5.97 Å². The molecule has 1 rings (SSSR count). The van der Waals surface area contributed by atoms with Gasteiger partial charge in [-0.3, -0.25) is 4.79 Å². The minimum Gasteiger partial charge on any atom is -0.497 e. The van der Waals surface area contributed by atoms with Gasteiger partial charge in [-0.25, -0.2) is 0 Å². The van der Waals surface area contributed by atoms with Crippen molar-refractivity contribution in [3.05, 3.63) is 29.8 Å². The van der Waals surface area contributed by atoms with Crippen LogP contribution in [-0.2, 0) is 9.53 Å². The van der Waals surface area contributed by atoms with Gasteiger partial charge in [0.15, 0.2) is 0 Å². The molecule has 0 amide bonds. The predicted molar refractivity (Wildman–Crippen MR) is 75.0 cm³/mol. The second kappa shape index (κ2) is 6.57. The highest BCUT2D eigenvalue weighted by molar-refractivity contribution is 5.69. The van der Waals surface area contributed by atoms with Gasteiger partial charge >= 0.3 is 5.97 Å². The standard InChI is InChI=1S/C15H23NO3/c1-15(2,3)19-14(17)10-9-13(16)11-5-7-12(18-4)8-6-11/h5-8,13H,9-10,16H2,1-4H3. The predicted octanol–water partition coefficient (Wildman–Crippen LogP) is 2.82. The van der Waals surface area contributed by atoms with Gasteiger partial charge in [0.2, 0.25) is 0 Å². The summed E-state index contributed by atoms with van der Waals surface area (Å²) >= 11 is 0. The summed E-state index contributed by atoms with van der Waals surface area (Å²) in [5.74, 6) is 0.583. The van der Waals surface area contributed by atoms with E-state index < -0.39 is 5.60 Å². The van der Waals surface area contributed by atoms with Gasteiger partial charge in [0.1, 0.15) is 11.4 Å². The van der Waals surface area contributed by atoms with Crippen molar-refractivity contribution in [2.45, 2.75) is 45.3 Å². The fourth-order valence-corrected chi connectivity index (χ4v) is 1.68. The fourth-order valence-electron chi connectivity index (χ4n) is 1.68. The molecule has 0 aliphatic rings. The Bertz CT molecular complexity index is 406. The van der Waals surface area contributed by atoms with Gasteiger partial charge in [-0.05, 0) is 44.9 Å². The maximum absolute atomic E-state index is 11.6. The smallest absolute Gasteiger partial charge is 0.306 e. The third kappa shape index (κ3) is 5.75. The third-order valence-electron chi connectivity index (χ3n) is 2.62. The number of hydrogen-bond donors (Lipinski definition) is 1. The molecule has 0 aromatic heterocycles. The molecule has 0 aliphatic carbocycles. The van der Waals surface area contributed by atoms with E-state index in [4.69, 9.17) is 15.2 Å². The molecule has 19 heavy (non-hydrogen) atoms. The molecule has 1 unspecified atom stereocenters. The lowest BCUT2D eigenvalue weighted by Crippen LogP contribution is -2.24. The van der Waals surface area contributed by atoms with E-state index in [9.17, 15) is 4.79 Å². The Kier molecular flexibility index (Phi) is 5.36. The van der Waals surface area contributed by atoms with E-state index in [1.54, 1.807) is 7.11 Å². The second-order valence-electron chi connectivity index (χ2n) is 5.50. The highest BCUT2D eigenvalue weighted by Crippen LogP contribution is 2.20. The number of rotatable bonds is 5. The van der Waals surface area contributed by atoms with Crippen molar-refractivity contribution in [2.75, 3.05) is 7.11 Å². The lowest BCUT2D eigenvalue weighted by molar-refractivity contribution is -0.155. The Labute approximate surface area is 114 Å². The number of methoxy groups -OCH3 is 1. The SMILES string of the molecule is COc1ccc(C(N)CCC(=O)OC(C)(C)C)cc1. The average molecular weight is 265 g/mol.